The van der Waals surface area contributed by atoms with Crippen molar-refractivity contribution in [2.24, 2.45) is 0 Å². The zero-order valence-corrected chi connectivity index (χ0v) is 20.3. The fourth-order valence-corrected chi connectivity index (χ4v) is 4.77. The van der Waals surface area contributed by atoms with E-state index in [1.54, 1.807) is 43.3 Å². The Morgan fingerprint density at radius 2 is 1.73 bits per heavy atom. The van der Waals surface area contributed by atoms with Gasteiger partial charge in [0.1, 0.15) is 5.69 Å². The molecule has 0 radical (unpaired) electrons. The molecule has 1 unspecified atom stereocenters. The molecule has 3 aromatic carbocycles. The van der Waals surface area contributed by atoms with E-state index in [-0.39, 0.29) is 11.4 Å². The molecule has 1 aliphatic carbocycles. The van der Waals surface area contributed by atoms with Gasteiger partial charge in [-0.25, -0.2) is 4.79 Å². The first kappa shape index (κ1) is 24.1. The number of hydrogen-bond acceptors (Lipinski definition) is 6. The first-order chi connectivity index (χ1) is 17.9. The van der Waals surface area contributed by atoms with Crippen LogP contribution in [0.5, 0.6) is 0 Å². The molecule has 1 aromatic heterocycles. The van der Waals surface area contributed by atoms with E-state index in [2.05, 4.69) is 5.32 Å². The van der Waals surface area contributed by atoms with Crippen molar-refractivity contribution in [1.29, 1.82) is 0 Å². The minimum Gasteiger partial charge on any atom is -0.444 e. The van der Waals surface area contributed by atoms with E-state index in [0.717, 1.165) is 30.5 Å². The summed E-state index contributed by atoms with van der Waals surface area (Å²) in [6.07, 6.45) is 2.10. The number of rotatable bonds is 6. The normalized spacial score (nSPS) is 13.4. The van der Waals surface area contributed by atoms with Crippen LogP contribution in [0.4, 0.5) is 11.4 Å². The SMILES string of the molecule is Cc1ccc(NC(=O)C(OC(=O)c2c3c(nc4ccccc24)CCCC3)c2ccccc2)c([N+](=O)[O-])c1. The third kappa shape index (κ3) is 4.91. The Balaban J connectivity index is 1.53. The van der Waals surface area contributed by atoms with Gasteiger partial charge in [-0.15, -0.1) is 0 Å². The Bertz CT molecular complexity index is 1520. The number of anilines is 1. The second kappa shape index (κ2) is 10.2. The fraction of sp³-hybridized carbons (Fsp3) is 0.207. The van der Waals surface area contributed by atoms with Crippen LogP contribution in [-0.2, 0) is 22.4 Å². The highest BCUT2D eigenvalue weighted by Gasteiger charge is 2.31. The molecule has 186 valence electrons. The number of esters is 1. The van der Waals surface area contributed by atoms with Crippen LogP contribution in [0.3, 0.4) is 0 Å². The standard InChI is InChI=1S/C29H25N3O5/c1-18-15-16-24(25(17-18)32(35)36)31-28(33)27(19-9-3-2-4-10-19)37-29(34)26-20-11-5-7-13-22(20)30-23-14-8-6-12-21(23)26/h2-5,7,9-11,13,15-17,27H,6,8,12,14H2,1H3,(H,31,33). The Labute approximate surface area is 213 Å². The zero-order valence-electron chi connectivity index (χ0n) is 20.3. The van der Waals surface area contributed by atoms with Crippen molar-refractivity contribution < 1.29 is 19.2 Å². The number of aryl methyl sites for hydroxylation is 2. The van der Waals surface area contributed by atoms with Crippen LogP contribution in [0.25, 0.3) is 10.9 Å². The molecule has 1 atom stereocenters. The number of para-hydroxylation sites is 1. The number of carbonyl (C=O) groups is 2. The molecular formula is C29H25N3O5. The van der Waals surface area contributed by atoms with Gasteiger partial charge in [0.25, 0.3) is 11.6 Å². The van der Waals surface area contributed by atoms with Crippen LogP contribution in [-0.4, -0.2) is 21.8 Å². The van der Waals surface area contributed by atoms with Gasteiger partial charge in [-0.05, 0) is 55.9 Å². The summed E-state index contributed by atoms with van der Waals surface area (Å²) in [5, 5.41) is 14.9. The van der Waals surface area contributed by atoms with Gasteiger partial charge in [0.2, 0.25) is 6.10 Å². The largest absolute Gasteiger partial charge is 0.444 e. The van der Waals surface area contributed by atoms with E-state index < -0.39 is 22.9 Å². The average Bonchev–Trinajstić information content (AvgIpc) is 2.91. The molecule has 5 rings (SSSR count). The number of hydrogen-bond donors (Lipinski definition) is 1. The topological polar surface area (TPSA) is 111 Å². The van der Waals surface area contributed by atoms with E-state index in [9.17, 15) is 19.7 Å². The van der Waals surface area contributed by atoms with Crippen LogP contribution in [0, 0.1) is 17.0 Å². The van der Waals surface area contributed by atoms with Gasteiger partial charge in [-0.3, -0.25) is 19.9 Å². The molecule has 1 amide bonds. The van der Waals surface area contributed by atoms with E-state index in [4.69, 9.17) is 9.72 Å². The number of aromatic nitrogens is 1. The Morgan fingerprint density at radius 1 is 1.00 bits per heavy atom. The van der Waals surface area contributed by atoms with Crippen molar-refractivity contribution in [3.63, 3.8) is 0 Å². The molecule has 0 bridgehead atoms. The van der Waals surface area contributed by atoms with Gasteiger partial charge in [0.05, 0.1) is 16.0 Å². The smallest absolute Gasteiger partial charge is 0.340 e. The number of fused-ring (bicyclic) bond motifs is 2. The number of benzene rings is 3. The highest BCUT2D eigenvalue weighted by molar-refractivity contribution is 6.06. The summed E-state index contributed by atoms with van der Waals surface area (Å²) in [5.41, 5.74) is 3.80. The van der Waals surface area contributed by atoms with Gasteiger partial charge in [-0.2, -0.15) is 0 Å². The van der Waals surface area contributed by atoms with Crippen molar-refractivity contribution in [2.45, 2.75) is 38.7 Å². The van der Waals surface area contributed by atoms with E-state index in [0.29, 0.717) is 34.0 Å². The second-order valence-corrected chi connectivity index (χ2v) is 9.10. The van der Waals surface area contributed by atoms with Crippen molar-refractivity contribution in [3.8, 4) is 0 Å². The molecule has 0 spiro atoms. The lowest BCUT2D eigenvalue weighted by Crippen LogP contribution is -2.27. The Hall–Kier alpha value is -4.59. The summed E-state index contributed by atoms with van der Waals surface area (Å²) in [6.45, 7) is 1.73. The van der Waals surface area contributed by atoms with Gasteiger partial charge in [0.15, 0.2) is 0 Å². The molecule has 1 heterocycles. The highest BCUT2D eigenvalue weighted by atomic mass is 16.6. The molecule has 0 saturated heterocycles. The minimum atomic E-state index is -1.32. The molecule has 8 heteroatoms. The third-order valence-corrected chi connectivity index (χ3v) is 6.55. The van der Waals surface area contributed by atoms with Gasteiger partial charge < -0.3 is 10.1 Å². The number of ether oxygens (including phenoxy) is 1. The van der Waals surface area contributed by atoms with Crippen molar-refractivity contribution in [3.05, 3.63) is 111 Å². The highest BCUT2D eigenvalue weighted by Crippen LogP contribution is 2.32. The Morgan fingerprint density at radius 3 is 2.51 bits per heavy atom. The van der Waals surface area contributed by atoms with Crippen LogP contribution in [0.1, 0.15) is 51.7 Å². The Kier molecular flexibility index (Phi) is 6.64. The molecule has 0 aliphatic heterocycles. The van der Waals surface area contributed by atoms with Crippen LogP contribution in [0.2, 0.25) is 0 Å². The first-order valence-corrected chi connectivity index (χ1v) is 12.1. The maximum Gasteiger partial charge on any atom is 0.340 e. The van der Waals surface area contributed by atoms with Gasteiger partial charge in [-0.1, -0.05) is 54.6 Å². The summed E-state index contributed by atoms with van der Waals surface area (Å²) in [6, 6.07) is 20.6. The fourth-order valence-electron chi connectivity index (χ4n) is 4.77. The maximum atomic E-state index is 13.8. The lowest BCUT2D eigenvalue weighted by molar-refractivity contribution is -0.384. The summed E-state index contributed by atoms with van der Waals surface area (Å²) in [5.74, 6) is -1.31. The number of nitro groups is 1. The summed E-state index contributed by atoms with van der Waals surface area (Å²) in [7, 11) is 0. The quantitative estimate of drug-likeness (QED) is 0.204. The monoisotopic (exact) mass is 495 g/mol. The van der Waals surface area contributed by atoms with Crippen molar-refractivity contribution in [2.75, 3.05) is 5.32 Å². The summed E-state index contributed by atoms with van der Waals surface area (Å²) in [4.78, 5) is 43.0. The lowest BCUT2D eigenvalue weighted by Gasteiger charge is -2.22. The zero-order chi connectivity index (χ0) is 25.9. The number of nitro benzene ring substituents is 1. The van der Waals surface area contributed by atoms with E-state index >= 15 is 0 Å². The maximum absolute atomic E-state index is 13.8. The van der Waals surface area contributed by atoms with Crippen molar-refractivity contribution >= 4 is 34.2 Å². The summed E-state index contributed by atoms with van der Waals surface area (Å²) < 4.78 is 5.91. The summed E-state index contributed by atoms with van der Waals surface area (Å²) >= 11 is 0. The number of carbonyl (C=O) groups excluding carboxylic acids is 2. The molecule has 8 nitrogen and oxygen atoms in total. The second-order valence-electron chi connectivity index (χ2n) is 9.10. The van der Waals surface area contributed by atoms with E-state index in [1.165, 1.54) is 12.1 Å². The van der Waals surface area contributed by atoms with Crippen LogP contribution >= 0.6 is 0 Å². The predicted molar refractivity (Wildman–Crippen MR) is 139 cm³/mol. The average molecular weight is 496 g/mol. The number of nitrogens with zero attached hydrogens (tertiary/aromatic N) is 2. The third-order valence-electron chi connectivity index (χ3n) is 6.55. The molecular weight excluding hydrogens is 470 g/mol. The minimum absolute atomic E-state index is 0.0318. The molecule has 0 saturated carbocycles. The predicted octanol–water partition coefficient (Wildman–Crippen LogP) is 5.87. The van der Waals surface area contributed by atoms with Crippen LogP contribution < -0.4 is 5.32 Å². The van der Waals surface area contributed by atoms with Gasteiger partial charge in [0, 0.05) is 22.7 Å². The lowest BCUT2D eigenvalue weighted by atomic mass is 9.90. The van der Waals surface area contributed by atoms with Crippen LogP contribution in [0.15, 0.2) is 72.8 Å². The number of nitrogens with one attached hydrogen (secondary N) is 1. The van der Waals surface area contributed by atoms with Crippen molar-refractivity contribution in [1.82, 2.24) is 4.98 Å². The first-order valence-electron chi connectivity index (χ1n) is 12.1. The molecule has 1 aliphatic rings. The molecule has 0 fully saturated rings. The van der Waals surface area contributed by atoms with Gasteiger partial charge >= 0.3 is 5.97 Å². The molecule has 37 heavy (non-hydrogen) atoms. The number of amides is 1. The van der Waals surface area contributed by atoms with E-state index in [1.807, 2.05) is 24.3 Å². The molecule has 4 aromatic rings. The number of pyridine rings is 1. The molecule has 1 N–H and O–H groups in total.